The predicted octanol–water partition coefficient (Wildman–Crippen LogP) is 0.680. The molecule has 1 aromatic rings. The number of nitrogens with one attached hydrogen (secondary N) is 2. The van der Waals surface area contributed by atoms with Crippen molar-refractivity contribution in [2.24, 2.45) is 5.92 Å². The number of para-hydroxylation sites is 2. The first-order chi connectivity index (χ1) is 10.2. The van der Waals surface area contributed by atoms with E-state index >= 15 is 0 Å². The lowest BCUT2D eigenvalue weighted by Crippen LogP contribution is -2.35. The molecule has 0 spiro atoms. The third-order valence-corrected chi connectivity index (χ3v) is 3.20. The van der Waals surface area contributed by atoms with Crippen molar-refractivity contribution in [1.82, 2.24) is 10.6 Å². The van der Waals surface area contributed by atoms with Crippen LogP contribution in [0.25, 0.3) is 0 Å². The second kappa shape index (κ2) is 7.52. The molecular formula is C15H21N3O3. The van der Waals surface area contributed by atoms with Gasteiger partial charge in [-0.1, -0.05) is 12.1 Å². The van der Waals surface area contributed by atoms with Crippen LogP contribution in [0.2, 0.25) is 0 Å². The summed E-state index contributed by atoms with van der Waals surface area (Å²) in [5.74, 6) is 0.768. The van der Waals surface area contributed by atoms with Gasteiger partial charge in [-0.2, -0.15) is 0 Å². The summed E-state index contributed by atoms with van der Waals surface area (Å²) in [6.07, 6.45) is 2.22. The van der Waals surface area contributed by atoms with Gasteiger partial charge in [0.15, 0.2) is 0 Å². The van der Waals surface area contributed by atoms with Gasteiger partial charge >= 0.3 is 0 Å². The summed E-state index contributed by atoms with van der Waals surface area (Å²) >= 11 is 0. The van der Waals surface area contributed by atoms with E-state index in [1.165, 1.54) is 0 Å². The molecule has 114 valence electrons. The lowest BCUT2D eigenvalue weighted by Gasteiger charge is -2.09. The Labute approximate surface area is 124 Å². The van der Waals surface area contributed by atoms with Gasteiger partial charge in [0.25, 0.3) is 0 Å². The van der Waals surface area contributed by atoms with Crippen LogP contribution in [0.3, 0.4) is 0 Å². The summed E-state index contributed by atoms with van der Waals surface area (Å²) in [5, 5.41) is 5.52. The number of carbonyl (C=O) groups is 2. The van der Waals surface area contributed by atoms with Crippen LogP contribution in [0, 0.1) is 5.92 Å². The zero-order chi connectivity index (χ0) is 15.1. The van der Waals surface area contributed by atoms with Gasteiger partial charge in [-0.05, 0) is 25.0 Å². The van der Waals surface area contributed by atoms with E-state index in [9.17, 15) is 9.59 Å². The van der Waals surface area contributed by atoms with Crippen molar-refractivity contribution in [3.63, 3.8) is 0 Å². The maximum Gasteiger partial charge on any atom is 0.223 e. The Kier molecular flexibility index (Phi) is 5.43. The maximum atomic E-state index is 11.6. The predicted molar refractivity (Wildman–Crippen MR) is 79.7 cm³/mol. The summed E-state index contributed by atoms with van der Waals surface area (Å²) in [6, 6.07) is 7.16. The summed E-state index contributed by atoms with van der Waals surface area (Å²) in [5.41, 5.74) is 6.28. The molecule has 2 rings (SSSR count). The highest BCUT2D eigenvalue weighted by molar-refractivity contribution is 5.81. The molecule has 1 aliphatic carbocycles. The molecular weight excluding hydrogens is 270 g/mol. The van der Waals surface area contributed by atoms with Crippen molar-refractivity contribution in [2.75, 3.05) is 25.4 Å². The van der Waals surface area contributed by atoms with E-state index in [4.69, 9.17) is 10.5 Å². The standard InChI is InChI=1S/C15H21N3O3/c16-12-3-1-2-4-13(12)21-10-7-14(19)17-8-9-18-15(20)11-5-6-11/h1-4,11H,5-10,16H2,(H,17,19)(H,18,20). The molecule has 1 aliphatic rings. The van der Waals surface area contributed by atoms with Gasteiger partial charge in [0, 0.05) is 19.0 Å². The molecule has 6 nitrogen and oxygen atoms in total. The molecule has 0 aliphatic heterocycles. The minimum Gasteiger partial charge on any atom is -0.491 e. The zero-order valence-electron chi connectivity index (χ0n) is 11.9. The molecule has 0 bridgehead atoms. The molecule has 1 fully saturated rings. The van der Waals surface area contributed by atoms with Crippen LogP contribution >= 0.6 is 0 Å². The molecule has 0 aromatic heterocycles. The van der Waals surface area contributed by atoms with Crippen molar-refractivity contribution in [3.8, 4) is 5.75 Å². The van der Waals surface area contributed by atoms with E-state index < -0.39 is 0 Å². The summed E-state index contributed by atoms with van der Waals surface area (Å²) in [4.78, 5) is 22.9. The molecule has 0 heterocycles. The molecule has 0 saturated heterocycles. The van der Waals surface area contributed by atoms with Crippen molar-refractivity contribution < 1.29 is 14.3 Å². The molecule has 1 aromatic carbocycles. The van der Waals surface area contributed by atoms with Gasteiger partial charge in [0.05, 0.1) is 18.7 Å². The zero-order valence-corrected chi connectivity index (χ0v) is 11.9. The van der Waals surface area contributed by atoms with E-state index in [1.807, 2.05) is 12.1 Å². The minimum absolute atomic E-state index is 0.0899. The Balaban J connectivity index is 1.53. The Morgan fingerprint density at radius 1 is 1.19 bits per heavy atom. The highest BCUT2D eigenvalue weighted by Crippen LogP contribution is 2.28. The molecule has 21 heavy (non-hydrogen) atoms. The van der Waals surface area contributed by atoms with Crippen LogP contribution < -0.4 is 21.1 Å². The van der Waals surface area contributed by atoms with Gasteiger partial charge in [0.1, 0.15) is 5.75 Å². The van der Waals surface area contributed by atoms with Gasteiger partial charge in [0.2, 0.25) is 11.8 Å². The Morgan fingerprint density at radius 2 is 1.90 bits per heavy atom. The van der Waals surface area contributed by atoms with Crippen LogP contribution in [0.1, 0.15) is 19.3 Å². The van der Waals surface area contributed by atoms with Crippen LogP contribution in [-0.2, 0) is 9.59 Å². The quantitative estimate of drug-likeness (QED) is 0.485. The van der Waals surface area contributed by atoms with Crippen LogP contribution in [0.5, 0.6) is 5.75 Å². The van der Waals surface area contributed by atoms with E-state index in [1.54, 1.807) is 12.1 Å². The SMILES string of the molecule is Nc1ccccc1OCCC(=O)NCCNC(=O)C1CC1. The first-order valence-corrected chi connectivity index (χ1v) is 7.18. The third-order valence-electron chi connectivity index (χ3n) is 3.20. The second-order valence-corrected chi connectivity index (χ2v) is 5.05. The smallest absolute Gasteiger partial charge is 0.223 e. The normalized spacial score (nSPS) is 13.5. The van der Waals surface area contributed by atoms with Crippen molar-refractivity contribution in [2.45, 2.75) is 19.3 Å². The fraction of sp³-hybridized carbons (Fsp3) is 0.467. The van der Waals surface area contributed by atoms with Crippen molar-refractivity contribution in [1.29, 1.82) is 0 Å². The molecule has 1 saturated carbocycles. The number of ether oxygens (including phenoxy) is 1. The number of carbonyl (C=O) groups excluding carboxylic acids is 2. The Hall–Kier alpha value is -2.24. The first kappa shape index (κ1) is 15.2. The second-order valence-electron chi connectivity index (χ2n) is 5.05. The summed E-state index contributed by atoms with van der Waals surface area (Å²) in [7, 11) is 0. The van der Waals surface area contributed by atoms with E-state index in [0.29, 0.717) is 24.5 Å². The maximum absolute atomic E-state index is 11.6. The minimum atomic E-state index is -0.106. The molecule has 2 amide bonds. The van der Waals surface area contributed by atoms with Gasteiger partial charge in [-0.15, -0.1) is 0 Å². The highest BCUT2D eigenvalue weighted by Gasteiger charge is 2.28. The number of nitrogens with two attached hydrogens (primary N) is 1. The molecule has 0 radical (unpaired) electrons. The topological polar surface area (TPSA) is 93.4 Å². The van der Waals surface area contributed by atoms with E-state index in [2.05, 4.69) is 10.6 Å². The number of benzene rings is 1. The number of rotatable bonds is 8. The molecule has 0 unspecified atom stereocenters. The fourth-order valence-electron chi connectivity index (χ4n) is 1.83. The fourth-order valence-corrected chi connectivity index (χ4v) is 1.83. The summed E-state index contributed by atoms with van der Waals surface area (Å²) < 4.78 is 5.44. The Morgan fingerprint density at radius 3 is 2.62 bits per heavy atom. The van der Waals surface area contributed by atoms with Crippen LogP contribution in [0.15, 0.2) is 24.3 Å². The van der Waals surface area contributed by atoms with Crippen molar-refractivity contribution >= 4 is 17.5 Å². The third kappa shape index (κ3) is 5.33. The average molecular weight is 291 g/mol. The van der Waals surface area contributed by atoms with Crippen molar-refractivity contribution in [3.05, 3.63) is 24.3 Å². The average Bonchev–Trinajstić information content (AvgIpc) is 3.30. The van der Waals surface area contributed by atoms with Gasteiger partial charge < -0.3 is 21.1 Å². The molecule has 6 heteroatoms. The molecule has 4 N–H and O–H groups in total. The van der Waals surface area contributed by atoms with Crippen LogP contribution in [0.4, 0.5) is 5.69 Å². The summed E-state index contributed by atoms with van der Waals surface area (Å²) in [6.45, 7) is 1.17. The van der Waals surface area contributed by atoms with E-state index in [-0.39, 0.29) is 30.8 Å². The Bertz CT molecular complexity index is 501. The number of nitrogen functional groups attached to an aromatic ring is 1. The monoisotopic (exact) mass is 291 g/mol. The lowest BCUT2D eigenvalue weighted by molar-refractivity contribution is -0.123. The number of hydrogen-bond acceptors (Lipinski definition) is 4. The number of hydrogen-bond donors (Lipinski definition) is 3. The highest BCUT2D eigenvalue weighted by atomic mass is 16.5. The first-order valence-electron chi connectivity index (χ1n) is 7.18. The largest absolute Gasteiger partial charge is 0.491 e. The number of amides is 2. The lowest BCUT2D eigenvalue weighted by atomic mass is 10.3. The van der Waals surface area contributed by atoms with E-state index in [0.717, 1.165) is 12.8 Å². The van der Waals surface area contributed by atoms with Crippen LogP contribution in [-0.4, -0.2) is 31.5 Å². The molecule has 0 atom stereocenters. The van der Waals surface area contributed by atoms with Gasteiger partial charge in [-0.25, -0.2) is 0 Å². The number of anilines is 1. The van der Waals surface area contributed by atoms with Gasteiger partial charge in [-0.3, -0.25) is 9.59 Å².